The van der Waals surface area contributed by atoms with Gasteiger partial charge >= 0.3 is 6.09 Å². The summed E-state index contributed by atoms with van der Waals surface area (Å²) >= 11 is 0. The topological polar surface area (TPSA) is 143 Å². The smallest absolute Gasteiger partial charge is 0.408 e. The van der Waals surface area contributed by atoms with Gasteiger partial charge in [0.15, 0.2) is 0 Å². The van der Waals surface area contributed by atoms with Gasteiger partial charge in [-0.1, -0.05) is 20.4 Å². The molecule has 0 aromatic carbocycles. The molecular weight excluding hydrogens is 378 g/mol. The number of nitrogens with zero attached hydrogens (tertiary/aromatic N) is 1. The zero-order chi connectivity index (χ0) is 22.4. The zero-order valence-electron chi connectivity index (χ0n) is 17.8. The molecule has 0 spiro atoms. The van der Waals surface area contributed by atoms with Gasteiger partial charge in [-0.2, -0.15) is 0 Å². The van der Waals surface area contributed by atoms with Crippen LogP contribution in [-0.4, -0.2) is 53.1 Å². The van der Waals surface area contributed by atoms with Crippen molar-refractivity contribution < 1.29 is 23.9 Å². The van der Waals surface area contributed by atoms with Crippen molar-refractivity contribution in [1.82, 2.24) is 21.1 Å². The number of carbonyl (C=O) groups excluding carboxylic acids is 4. The van der Waals surface area contributed by atoms with Gasteiger partial charge in [-0.3, -0.25) is 19.4 Å². The fourth-order valence-electron chi connectivity index (χ4n) is 2.71. The second kappa shape index (κ2) is 10.2. The molecule has 10 heteroatoms. The molecule has 1 saturated heterocycles. The minimum Gasteiger partial charge on any atom is -0.444 e. The van der Waals surface area contributed by atoms with Crippen LogP contribution in [0.4, 0.5) is 4.79 Å². The third-order valence-electron chi connectivity index (χ3n) is 4.18. The van der Waals surface area contributed by atoms with E-state index in [2.05, 4.69) is 22.6 Å². The summed E-state index contributed by atoms with van der Waals surface area (Å²) < 4.78 is 5.18. The summed E-state index contributed by atoms with van der Waals surface area (Å²) in [6.07, 6.45) is 1.20. The van der Waals surface area contributed by atoms with Crippen molar-refractivity contribution >= 4 is 23.8 Å². The SMILES string of the molecule is C=C(NC(=O)C(NC(=O)OC(C)(C)C)C(C)C)C(=O)N1CCCCC(C(N)=O)N1. The lowest BCUT2D eigenvalue weighted by atomic mass is 10.0. The van der Waals surface area contributed by atoms with Gasteiger partial charge in [0.25, 0.3) is 5.91 Å². The van der Waals surface area contributed by atoms with Crippen molar-refractivity contribution in [2.45, 2.75) is 71.6 Å². The summed E-state index contributed by atoms with van der Waals surface area (Å²) in [5.41, 5.74) is 7.23. The van der Waals surface area contributed by atoms with Gasteiger partial charge in [0.05, 0.1) is 0 Å². The quantitative estimate of drug-likeness (QED) is 0.470. The van der Waals surface area contributed by atoms with E-state index in [0.29, 0.717) is 19.4 Å². The Balaban J connectivity index is 2.76. The molecule has 4 amide bonds. The van der Waals surface area contributed by atoms with E-state index in [1.54, 1.807) is 34.6 Å². The minimum absolute atomic E-state index is 0.177. The lowest BCUT2D eigenvalue weighted by Gasteiger charge is -2.27. The van der Waals surface area contributed by atoms with Crippen molar-refractivity contribution in [3.63, 3.8) is 0 Å². The second-order valence-electron chi connectivity index (χ2n) is 8.37. The number of hydrogen-bond acceptors (Lipinski definition) is 6. The highest BCUT2D eigenvalue weighted by molar-refractivity contribution is 5.98. The highest BCUT2D eigenvalue weighted by Crippen LogP contribution is 2.11. The Bertz CT molecular complexity index is 656. The number of nitrogens with one attached hydrogen (secondary N) is 3. The number of amides is 4. The maximum absolute atomic E-state index is 12.6. The molecular formula is C19H33N5O5. The molecule has 0 saturated carbocycles. The number of hydrogen-bond donors (Lipinski definition) is 4. The van der Waals surface area contributed by atoms with Crippen LogP contribution in [0.1, 0.15) is 53.9 Å². The summed E-state index contributed by atoms with van der Waals surface area (Å²) in [5, 5.41) is 6.19. The van der Waals surface area contributed by atoms with Crippen LogP contribution in [-0.2, 0) is 19.1 Å². The number of nitrogens with two attached hydrogens (primary N) is 1. The molecule has 1 aliphatic rings. The molecule has 2 atom stereocenters. The molecule has 0 bridgehead atoms. The van der Waals surface area contributed by atoms with Gasteiger partial charge in [0.1, 0.15) is 23.4 Å². The van der Waals surface area contributed by atoms with Gasteiger partial charge < -0.3 is 21.1 Å². The van der Waals surface area contributed by atoms with Crippen molar-refractivity contribution in [2.75, 3.05) is 6.54 Å². The zero-order valence-corrected chi connectivity index (χ0v) is 17.8. The van der Waals surface area contributed by atoms with E-state index in [4.69, 9.17) is 10.5 Å². The summed E-state index contributed by atoms with van der Waals surface area (Å²) in [7, 11) is 0. The predicted molar refractivity (Wildman–Crippen MR) is 107 cm³/mol. The first-order valence-electron chi connectivity index (χ1n) is 9.68. The van der Waals surface area contributed by atoms with Crippen molar-refractivity contribution in [3.8, 4) is 0 Å². The van der Waals surface area contributed by atoms with E-state index in [1.165, 1.54) is 5.01 Å². The summed E-state index contributed by atoms with van der Waals surface area (Å²) in [4.78, 5) is 48.7. The molecule has 1 heterocycles. The van der Waals surface area contributed by atoms with Crippen LogP contribution < -0.4 is 21.8 Å². The van der Waals surface area contributed by atoms with Gasteiger partial charge in [0, 0.05) is 6.54 Å². The van der Waals surface area contributed by atoms with Crippen LogP contribution in [0.3, 0.4) is 0 Å². The number of hydrazine groups is 1. The number of carbonyl (C=O) groups is 4. The van der Waals surface area contributed by atoms with E-state index in [0.717, 1.165) is 6.42 Å². The first-order chi connectivity index (χ1) is 13.3. The van der Waals surface area contributed by atoms with Crippen molar-refractivity contribution in [3.05, 3.63) is 12.3 Å². The number of ether oxygens (including phenoxy) is 1. The molecule has 29 heavy (non-hydrogen) atoms. The fourth-order valence-corrected chi connectivity index (χ4v) is 2.71. The molecule has 2 unspecified atom stereocenters. The Hall–Kier alpha value is -2.62. The van der Waals surface area contributed by atoms with E-state index in [9.17, 15) is 19.2 Å². The minimum atomic E-state index is -0.926. The Morgan fingerprint density at radius 2 is 1.83 bits per heavy atom. The van der Waals surface area contributed by atoms with Crippen LogP contribution in [0.2, 0.25) is 0 Å². The molecule has 1 aliphatic heterocycles. The predicted octanol–water partition coefficient (Wildman–Crippen LogP) is 0.537. The monoisotopic (exact) mass is 411 g/mol. The molecule has 0 aromatic heterocycles. The molecule has 0 aromatic rings. The first-order valence-corrected chi connectivity index (χ1v) is 9.68. The van der Waals surface area contributed by atoms with Crippen LogP contribution >= 0.6 is 0 Å². The van der Waals surface area contributed by atoms with Crippen LogP contribution in [0.5, 0.6) is 0 Å². The number of alkyl carbamates (subject to hydrolysis) is 1. The van der Waals surface area contributed by atoms with Gasteiger partial charge in [-0.05, 0) is 46.0 Å². The summed E-state index contributed by atoms with van der Waals surface area (Å²) in [5.74, 6) is -1.99. The molecule has 0 radical (unpaired) electrons. The fraction of sp³-hybridized carbons (Fsp3) is 0.684. The lowest BCUT2D eigenvalue weighted by molar-refractivity contribution is -0.134. The highest BCUT2D eigenvalue weighted by Gasteiger charge is 2.30. The third kappa shape index (κ3) is 8.10. The Labute approximate surface area is 171 Å². The normalized spacial score (nSPS) is 18.4. The van der Waals surface area contributed by atoms with Crippen molar-refractivity contribution in [2.24, 2.45) is 11.7 Å². The maximum atomic E-state index is 12.6. The van der Waals surface area contributed by atoms with Crippen LogP contribution in [0.15, 0.2) is 12.3 Å². The summed E-state index contributed by atoms with van der Waals surface area (Å²) in [6.45, 7) is 12.6. The largest absolute Gasteiger partial charge is 0.444 e. The molecule has 164 valence electrons. The lowest BCUT2D eigenvalue weighted by Crippen LogP contribution is -2.55. The number of rotatable bonds is 6. The van der Waals surface area contributed by atoms with Gasteiger partial charge in [-0.25, -0.2) is 10.2 Å². The van der Waals surface area contributed by atoms with Gasteiger partial charge in [0.2, 0.25) is 11.8 Å². The third-order valence-corrected chi connectivity index (χ3v) is 4.18. The molecule has 1 rings (SSSR count). The molecule has 10 nitrogen and oxygen atoms in total. The highest BCUT2D eigenvalue weighted by atomic mass is 16.6. The van der Waals surface area contributed by atoms with E-state index < -0.39 is 41.5 Å². The molecule has 0 aliphatic carbocycles. The molecule has 1 fully saturated rings. The van der Waals surface area contributed by atoms with Crippen LogP contribution in [0, 0.1) is 5.92 Å². The van der Waals surface area contributed by atoms with E-state index >= 15 is 0 Å². The Kier molecular flexibility index (Phi) is 8.62. The number of primary amides is 1. The maximum Gasteiger partial charge on any atom is 0.408 e. The molecule has 5 N–H and O–H groups in total. The Morgan fingerprint density at radius 1 is 1.21 bits per heavy atom. The Morgan fingerprint density at radius 3 is 2.34 bits per heavy atom. The van der Waals surface area contributed by atoms with Crippen LogP contribution in [0.25, 0.3) is 0 Å². The standard InChI is InChI=1S/C19H33N5O5/c1-11(2)14(22-18(28)29-19(4,5)6)16(26)21-12(3)17(27)24-10-8-7-9-13(23-24)15(20)25/h11,13-14,23H,3,7-10H2,1-2,4-6H3,(H2,20,25)(H,21,26)(H,22,28). The van der Waals surface area contributed by atoms with Crippen molar-refractivity contribution in [1.29, 1.82) is 0 Å². The van der Waals surface area contributed by atoms with Gasteiger partial charge in [-0.15, -0.1) is 0 Å². The average molecular weight is 412 g/mol. The second-order valence-corrected chi connectivity index (χ2v) is 8.37. The van der Waals surface area contributed by atoms with E-state index in [1.807, 2.05) is 0 Å². The average Bonchev–Trinajstić information content (AvgIpc) is 2.83. The summed E-state index contributed by atoms with van der Waals surface area (Å²) in [6, 6.07) is -1.59. The first kappa shape index (κ1) is 24.4. The van der Waals surface area contributed by atoms with E-state index in [-0.39, 0.29) is 11.6 Å².